The average Bonchev–Trinajstić information content (AvgIpc) is 3.05. The standard InChI is InChI=1S/C12H23O4P/c1-3-14-17(13,15-4-2)8-7-10-5-6-11-12(9-10)16-11/h10-12H,3-9H2,1-2H3. The van der Waals surface area contributed by atoms with E-state index in [2.05, 4.69) is 0 Å². The lowest BCUT2D eigenvalue weighted by atomic mass is 9.88. The minimum atomic E-state index is -2.83. The Balaban J connectivity index is 1.75. The van der Waals surface area contributed by atoms with Gasteiger partial charge in [-0.15, -0.1) is 0 Å². The number of ether oxygens (including phenoxy) is 1. The summed E-state index contributed by atoms with van der Waals surface area (Å²) in [4.78, 5) is 0. The zero-order chi connectivity index (χ0) is 12.3. The molecule has 2 aliphatic rings. The van der Waals surface area contributed by atoms with Crippen molar-refractivity contribution in [2.45, 2.75) is 51.7 Å². The summed E-state index contributed by atoms with van der Waals surface area (Å²) >= 11 is 0. The van der Waals surface area contributed by atoms with Gasteiger partial charge in [-0.25, -0.2) is 0 Å². The molecular weight excluding hydrogens is 239 g/mol. The molecule has 1 aliphatic carbocycles. The second-order valence-electron chi connectivity index (χ2n) is 4.85. The zero-order valence-electron chi connectivity index (χ0n) is 10.8. The average molecular weight is 262 g/mol. The molecule has 5 heteroatoms. The van der Waals surface area contributed by atoms with Gasteiger partial charge in [0.05, 0.1) is 31.6 Å². The van der Waals surface area contributed by atoms with E-state index in [9.17, 15) is 4.57 Å². The maximum atomic E-state index is 12.3. The quantitative estimate of drug-likeness (QED) is 0.522. The summed E-state index contributed by atoms with van der Waals surface area (Å²) in [6.45, 7) is 4.62. The second-order valence-corrected chi connectivity index (χ2v) is 7.04. The summed E-state index contributed by atoms with van der Waals surface area (Å²) in [5.74, 6) is 0.632. The van der Waals surface area contributed by atoms with Gasteiger partial charge in [0.2, 0.25) is 0 Å². The molecule has 100 valence electrons. The Labute approximate surface area is 104 Å². The molecule has 17 heavy (non-hydrogen) atoms. The molecule has 1 aliphatic heterocycles. The summed E-state index contributed by atoms with van der Waals surface area (Å²) in [5.41, 5.74) is 0. The van der Waals surface area contributed by atoms with Crippen LogP contribution < -0.4 is 0 Å². The molecule has 0 amide bonds. The van der Waals surface area contributed by atoms with Gasteiger partial charge in [0.25, 0.3) is 0 Å². The number of epoxide rings is 1. The Morgan fingerprint density at radius 2 is 1.88 bits per heavy atom. The van der Waals surface area contributed by atoms with Gasteiger partial charge in [0.15, 0.2) is 0 Å². The summed E-state index contributed by atoms with van der Waals surface area (Å²) in [5, 5.41) is 0. The van der Waals surface area contributed by atoms with Crippen molar-refractivity contribution in [3.8, 4) is 0 Å². The molecule has 1 saturated heterocycles. The highest BCUT2D eigenvalue weighted by Gasteiger charge is 2.44. The molecule has 0 aromatic rings. The van der Waals surface area contributed by atoms with Crippen molar-refractivity contribution in [2.24, 2.45) is 5.92 Å². The Morgan fingerprint density at radius 3 is 2.47 bits per heavy atom. The third-order valence-corrected chi connectivity index (χ3v) is 5.68. The lowest BCUT2D eigenvalue weighted by molar-refractivity contribution is 0.216. The van der Waals surface area contributed by atoms with Crippen molar-refractivity contribution in [1.29, 1.82) is 0 Å². The molecule has 4 nitrogen and oxygen atoms in total. The van der Waals surface area contributed by atoms with Crippen LogP contribution in [0.25, 0.3) is 0 Å². The number of rotatable bonds is 7. The number of hydrogen-bond donors (Lipinski definition) is 0. The second kappa shape index (κ2) is 5.83. The Hall–Kier alpha value is 0.110. The predicted molar refractivity (Wildman–Crippen MR) is 66.3 cm³/mol. The fourth-order valence-corrected chi connectivity index (χ4v) is 4.45. The van der Waals surface area contributed by atoms with E-state index >= 15 is 0 Å². The van der Waals surface area contributed by atoms with Crippen LogP contribution in [-0.4, -0.2) is 31.6 Å². The van der Waals surface area contributed by atoms with Gasteiger partial charge in [-0.05, 0) is 45.4 Å². The van der Waals surface area contributed by atoms with Gasteiger partial charge < -0.3 is 13.8 Å². The van der Waals surface area contributed by atoms with Crippen LogP contribution in [0.3, 0.4) is 0 Å². The van der Waals surface area contributed by atoms with Crippen molar-refractivity contribution in [1.82, 2.24) is 0 Å². The summed E-state index contributed by atoms with van der Waals surface area (Å²) in [7, 11) is -2.83. The van der Waals surface area contributed by atoms with Crippen LogP contribution in [0.15, 0.2) is 0 Å². The van der Waals surface area contributed by atoms with Crippen molar-refractivity contribution in [2.75, 3.05) is 19.4 Å². The number of fused-ring (bicyclic) bond motifs is 1. The first kappa shape index (κ1) is 13.5. The minimum absolute atomic E-state index is 0.454. The van der Waals surface area contributed by atoms with Crippen molar-refractivity contribution >= 4 is 7.60 Å². The van der Waals surface area contributed by atoms with Crippen LogP contribution in [0.4, 0.5) is 0 Å². The third kappa shape index (κ3) is 3.78. The van der Waals surface area contributed by atoms with E-state index in [0.29, 0.717) is 37.5 Å². The van der Waals surface area contributed by atoms with Crippen molar-refractivity contribution in [3.05, 3.63) is 0 Å². The van der Waals surface area contributed by atoms with Crippen LogP contribution >= 0.6 is 7.60 Å². The molecule has 0 aromatic heterocycles. The SMILES string of the molecule is CCOP(=O)(CCC1CCC2OC2C1)OCC. The van der Waals surface area contributed by atoms with Crippen LogP contribution in [0.1, 0.15) is 39.5 Å². The van der Waals surface area contributed by atoms with E-state index in [1.54, 1.807) is 0 Å². The molecule has 1 heterocycles. The Morgan fingerprint density at radius 1 is 1.18 bits per heavy atom. The Kier molecular flexibility index (Phi) is 4.65. The van der Waals surface area contributed by atoms with Gasteiger partial charge in [-0.1, -0.05) is 0 Å². The molecule has 3 unspecified atom stereocenters. The lowest BCUT2D eigenvalue weighted by Crippen LogP contribution is -2.15. The smallest absolute Gasteiger partial charge is 0.330 e. The molecule has 1 saturated carbocycles. The number of hydrogen-bond acceptors (Lipinski definition) is 4. The van der Waals surface area contributed by atoms with Crippen molar-refractivity contribution < 1.29 is 18.3 Å². The summed E-state index contributed by atoms with van der Waals surface area (Å²) < 4.78 is 28.4. The minimum Gasteiger partial charge on any atom is -0.370 e. The molecule has 2 rings (SSSR count). The molecule has 2 fully saturated rings. The molecule has 0 spiro atoms. The van der Waals surface area contributed by atoms with Gasteiger partial charge in [0.1, 0.15) is 0 Å². The van der Waals surface area contributed by atoms with Crippen LogP contribution in [0.5, 0.6) is 0 Å². The van der Waals surface area contributed by atoms with E-state index in [4.69, 9.17) is 13.8 Å². The summed E-state index contributed by atoms with van der Waals surface area (Å²) in [6.07, 6.45) is 6.01. The topological polar surface area (TPSA) is 48.1 Å². The molecule has 0 radical (unpaired) electrons. The van der Waals surface area contributed by atoms with Crippen LogP contribution in [0, 0.1) is 5.92 Å². The van der Waals surface area contributed by atoms with Gasteiger partial charge in [-0.3, -0.25) is 4.57 Å². The van der Waals surface area contributed by atoms with Crippen LogP contribution in [-0.2, 0) is 18.3 Å². The first-order valence-electron chi connectivity index (χ1n) is 6.70. The van der Waals surface area contributed by atoms with E-state index < -0.39 is 7.60 Å². The van der Waals surface area contributed by atoms with Crippen LogP contribution in [0.2, 0.25) is 0 Å². The molecule has 3 atom stereocenters. The Bertz CT molecular complexity index is 284. The van der Waals surface area contributed by atoms with E-state index in [1.807, 2.05) is 13.8 Å². The highest BCUT2D eigenvalue weighted by atomic mass is 31.2. The largest absolute Gasteiger partial charge is 0.370 e. The fraction of sp³-hybridized carbons (Fsp3) is 1.00. The van der Waals surface area contributed by atoms with Gasteiger partial charge in [0, 0.05) is 0 Å². The van der Waals surface area contributed by atoms with E-state index in [1.165, 1.54) is 12.8 Å². The molecular formula is C12H23O4P. The van der Waals surface area contributed by atoms with E-state index in [-0.39, 0.29) is 0 Å². The highest BCUT2D eigenvalue weighted by Crippen LogP contribution is 2.50. The fourth-order valence-electron chi connectivity index (χ4n) is 2.65. The zero-order valence-corrected chi connectivity index (χ0v) is 11.7. The van der Waals surface area contributed by atoms with Crippen molar-refractivity contribution in [3.63, 3.8) is 0 Å². The summed E-state index contributed by atoms with van der Waals surface area (Å²) in [6, 6.07) is 0. The monoisotopic (exact) mass is 262 g/mol. The first-order chi connectivity index (χ1) is 8.17. The maximum Gasteiger partial charge on any atom is 0.330 e. The highest BCUT2D eigenvalue weighted by molar-refractivity contribution is 7.53. The first-order valence-corrected chi connectivity index (χ1v) is 8.43. The van der Waals surface area contributed by atoms with Gasteiger partial charge >= 0.3 is 7.60 Å². The molecule has 0 N–H and O–H groups in total. The molecule has 0 bridgehead atoms. The predicted octanol–water partition coefficient (Wildman–Crippen LogP) is 3.21. The maximum absolute atomic E-state index is 12.3. The third-order valence-electron chi connectivity index (χ3n) is 3.58. The lowest BCUT2D eigenvalue weighted by Gasteiger charge is -2.22. The normalized spacial score (nSPS) is 32.2. The van der Waals surface area contributed by atoms with Gasteiger partial charge in [-0.2, -0.15) is 0 Å². The van der Waals surface area contributed by atoms with E-state index in [0.717, 1.165) is 12.8 Å². The molecule has 0 aromatic carbocycles.